The molecular weight excluding hydrogens is 152 g/mol. The highest BCUT2D eigenvalue weighted by molar-refractivity contribution is 8.00. The van der Waals surface area contributed by atoms with E-state index in [1.54, 1.807) is 0 Å². The highest BCUT2D eigenvalue weighted by Crippen LogP contribution is 2.26. The van der Waals surface area contributed by atoms with Gasteiger partial charge in [0, 0.05) is 5.25 Å². The van der Waals surface area contributed by atoms with E-state index in [1.165, 1.54) is 5.57 Å². The van der Waals surface area contributed by atoms with Crippen molar-refractivity contribution in [2.45, 2.75) is 37.7 Å². The molecule has 1 aliphatic rings. The predicted octanol–water partition coefficient (Wildman–Crippen LogP) is 3.40. The standard InChI is InChI=1S/C10H16S/c1-8(2)11-9(3)10-6-4-5-7-10/h4,6-9H,5H2,1-3H3. The quantitative estimate of drug-likeness (QED) is 0.622. The van der Waals surface area contributed by atoms with Crippen LogP contribution in [0.3, 0.4) is 0 Å². The van der Waals surface area contributed by atoms with Crippen molar-refractivity contribution in [3.8, 4) is 0 Å². The summed E-state index contributed by atoms with van der Waals surface area (Å²) in [5.74, 6) is 0. The molecule has 0 aliphatic heterocycles. The van der Waals surface area contributed by atoms with Crippen molar-refractivity contribution in [1.29, 1.82) is 0 Å². The lowest BCUT2D eigenvalue weighted by Crippen LogP contribution is -2.02. The van der Waals surface area contributed by atoms with Crippen molar-refractivity contribution in [1.82, 2.24) is 0 Å². The molecule has 0 heterocycles. The van der Waals surface area contributed by atoms with Gasteiger partial charge in [-0.1, -0.05) is 32.1 Å². The van der Waals surface area contributed by atoms with Crippen molar-refractivity contribution >= 4 is 11.8 Å². The first-order valence-corrected chi connectivity index (χ1v) is 5.16. The Kier molecular flexibility index (Phi) is 3.25. The zero-order valence-electron chi connectivity index (χ0n) is 7.50. The van der Waals surface area contributed by atoms with Crippen LogP contribution in [-0.2, 0) is 0 Å². The van der Waals surface area contributed by atoms with E-state index in [-0.39, 0.29) is 0 Å². The van der Waals surface area contributed by atoms with Gasteiger partial charge in [-0.15, -0.1) is 0 Å². The van der Waals surface area contributed by atoms with Crippen LogP contribution in [0.25, 0.3) is 0 Å². The summed E-state index contributed by atoms with van der Waals surface area (Å²) in [6, 6.07) is 0. The first-order chi connectivity index (χ1) is 5.20. The van der Waals surface area contributed by atoms with E-state index >= 15 is 0 Å². The molecule has 0 saturated heterocycles. The van der Waals surface area contributed by atoms with Gasteiger partial charge in [0.25, 0.3) is 0 Å². The van der Waals surface area contributed by atoms with Gasteiger partial charge in [-0.3, -0.25) is 0 Å². The molecule has 0 nitrogen and oxygen atoms in total. The number of allylic oxidation sites excluding steroid dienone is 3. The molecule has 0 aromatic carbocycles. The van der Waals surface area contributed by atoms with Gasteiger partial charge < -0.3 is 0 Å². The fourth-order valence-corrected chi connectivity index (χ4v) is 2.41. The van der Waals surface area contributed by atoms with Crippen LogP contribution in [0.2, 0.25) is 0 Å². The summed E-state index contributed by atoms with van der Waals surface area (Å²) in [5, 5.41) is 1.41. The van der Waals surface area contributed by atoms with Crippen LogP contribution in [0.15, 0.2) is 23.8 Å². The SMILES string of the molecule is CC(C)SC(C)C1=CCC=C1. The third-order valence-electron chi connectivity index (χ3n) is 1.75. The monoisotopic (exact) mass is 168 g/mol. The van der Waals surface area contributed by atoms with Crippen LogP contribution in [0.1, 0.15) is 27.2 Å². The molecule has 62 valence electrons. The molecule has 0 aromatic heterocycles. The second-order valence-corrected chi connectivity index (χ2v) is 5.09. The summed E-state index contributed by atoms with van der Waals surface area (Å²) < 4.78 is 0. The topological polar surface area (TPSA) is 0 Å². The van der Waals surface area contributed by atoms with Gasteiger partial charge in [-0.25, -0.2) is 0 Å². The minimum Gasteiger partial charge on any atom is -0.151 e. The molecule has 1 unspecified atom stereocenters. The van der Waals surface area contributed by atoms with Crippen LogP contribution >= 0.6 is 11.8 Å². The Labute approximate surface area is 73.8 Å². The van der Waals surface area contributed by atoms with Gasteiger partial charge in [0.15, 0.2) is 0 Å². The maximum Gasteiger partial charge on any atom is 0.0268 e. The van der Waals surface area contributed by atoms with E-state index in [1.807, 2.05) is 11.8 Å². The number of thioether (sulfide) groups is 1. The van der Waals surface area contributed by atoms with Gasteiger partial charge in [0.1, 0.15) is 0 Å². The Morgan fingerprint density at radius 2 is 2.09 bits per heavy atom. The number of rotatable bonds is 3. The summed E-state index contributed by atoms with van der Waals surface area (Å²) in [6.07, 6.45) is 7.94. The minimum atomic E-state index is 0.675. The molecule has 0 radical (unpaired) electrons. The van der Waals surface area contributed by atoms with Crippen LogP contribution in [-0.4, -0.2) is 10.5 Å². The van der Waals surface area contributed by atoms with Crippen LogP contribution in [0, 0.1) is 0 Å². The smallest absolute Gasteiger partial charge is 0.0268 e. The van der Waals surface area contributed by atoms with Crippen molar-refractivity contribution < 1.29 is 0 Å². The fraction of sp³-hybridized carbons (Fsp3) is 0.600. The minimum absolute atomic E-state index is 0.675. The van der Waals surface area contributed by atoms with Crippen LogP contribution < -0.4 is 0 Å². The number of hydrogen-bond acceptors (Lipinski definition) is 1. The highest BCUT2D eigenvalue weighted by Gasteiger charge is 2.09. The Bertz CT molecular complexity index is 177. The Balaban J connectivity index is 2.41. The van der Waals surface area contributed by atoms with Crippen molar-refractivity contribution in [2.75, 3.05) is 0 Å². The van der Waals surface area contributed by atoms with Gasteiger partial charge in [0.05, 0.1) is 0 Å². The second kappa shape index (κ2) is 4.01. The maximum absolute atomic E-state index is 2.32. The molecule has 0 saturated carbocycles. The lowest BCUT2D eigenvalue weighted by Gasteiger charge is -2.13. The Morgan fingerprint density at radius 3 is 2.55 bits per heavy atom. The summed E-state index contributed by atoms with van der Waals surface area (Å²) in [6.45, 7) is 6.78. The first-order valence-electron chi connectivity index (χ1n) is 4.22. The van der Waals surface area contributed by atoms with Crippen molar-refractivity contribution in [3.05, 3.63) is 23.8 Å². The summed E-state index contributed by atoms with van der Waals surface area (Å²) in [5.41, 5.74) is 1.50. The third kappa shape index (κ3) is 2.74. The van der Waals surface area contributed by atoms with Crippen molar-refractivity contribution in [3.63, 3.8) is 0 Å². The molecule has 0 amide bonds. The normalized spacial score (nSPS) is 19.1. The van der Waals surface area contributed by atoms with E-state index in [2.05, 4.69) is 39.0 Å². The Hall–Kier alpha value is -0.170. The molecule has 0 aromatic rings. The summed E-state index contributed by atoms with van der Waals surface area (Å²) in [4.78, 5) is 0. The predicted molar refractivity (Wildman–Crippen MR) is 54.0 cm³/mol. The van der Waals surface area contributed by atoms with E-state index in [0.29, 0.717) is 5.25 Å². The van der Waals surface area contributed by atoms with E-state index in [4.69, 9.17) is 0 Å². The van der Waals surface area contributed by atoms with Gasteiger partial charge in [0.2, 0.25) is 0 Å². The zero-order valence-corrected chi connectivity index (χ0v) is 8.32. The summed E-state index contributed by atoms with van der Waals surface area (Å²) >= 11 is 2.03. The van der Waals surface area contributed by atoms with E-state index in [0.717, 1.165) is 11.7 Å². The molecule has 1 rings (SSSR count). The molecule has 0 N–H and O–H groups in total. The first kappa shape index (κ1) is 8.92. The zero-order chi connectivity index (χ0) is 8.27. The largest absolute Gasteiger partial charge is 0.151 e. The lowest BCUT2D eigenvalue weighted by molar-refractivity contribution is 1.08. The van der Waals surface area contributed by atoms with Gasteiger partial charge >= 0.3 is 0 Å². The molecule has 1 aliphatic carbocycles. The molecule has 0 spiro atoms. The molecule has 0 bridgehead atoms. The molecule has 1 atom stereocenters. The van der Waals surface area contributed by atoms with Crippen LogP contribution in [0.5, 0.6) is 0 Å². The summed E-state index contributed by atoms with van der Waals surface area (Å²) in [7, 11) is 0. The maximum atomic E-state index is 2.32. The fourth-order valence-electron chi connectivity index (χ4n) is 1.26. The molecule has 11 heavy (non-hydrogen) atoms. The molecular formula is C10H16S. The molecule has 1 heteroatoms. The van der Waals surface area contributed by atoms with E-state index < -0.39 is 0 Å². The van der Waals surface area contributed by atoms with Gasteiger partial charge in [-0.2, -0.15) is 11.8 Å². The third-order valence-corrected chi connectivity index (χ3v) is 2.97. The number of hydrogen-bond donors (Lipinski definition) is 0. The van der Waals surface area contributed by atoms with E-state index in [9.17, 15) is 0 Å². The second-order valence-electron chi connectivity index (χ2n) is 3.17. The van der Waals surface area contributed by atoms with Gasteiger partial charge in [-0.05, 0) is 24.2 Å². The average molecular weight is 168 g/mol. The van der Waals surface area contributed by atoms with Crippen molar-refractivity contribution in [2.24, 2.45) is 0 Å². The average Bonchev–Trinajstić information content (AvgIpc) is 2.35. The lowest BCUT2D eigenvalue weighted by atomic mass is 10.2. The highest BCUT2D eigenvalue weighted by atomic mass is 32.2. The Morgan fingerprint density at radius 1 is 1.36 bits per heavy atom. The molecule has 0 fully saturated rings. The van der Waals surface area contributed by atoms with Crippen LogP contribution in [0.4, 0.5) is 0 Å².